The van der Waals surface area contributed by atoms with Gasteiger partial charge in [-0.05, 0) is 48.6 Å². The van der Waals surface area contributed by atoms with E-state index in [0.717, 1.165) is 37.8 Å². The average Bonchev–Trinajstić information content (AvgIpc) is 2.75. The number of hydrogen-bond acceptors (Lipinski definition) is 4. The van der Waals surface area contributed by atoms with E-state index in [1.54, 1.807) is 12.1 Å². The highest BCUT2D eigenvalue weighted by Crippen LogP contribution is 2.31. The third-order valence-corrected chi connectivity index (χ3v) is 6.31. The zero-order valence-corrected chi connectivity index (χ0v) is 19.4. The lowest BCUT2D eigenvalue weighted by molar-refractivity contribution is -0.142. The fraction of sp³-hybridized carbons (Fsp3) is 0.458. The van der Waals surface area contributed by atoms with Crippen LogP contribution in [0.3, 0.4) is 0 Å². The summed E-state index contributed by atoms with van der Waals surface area (Å²) in [5.74, 6) is -1.10. The van der Waals surface area contributed by atoms with E-state index in [1.165, 1.54) is 0 Å². The van der Waals surface area contributed by atoms with Gasteiger partial charge in [-0.3, -0.25) is 4.79 Å². The molecule has 170 valence electrons. The minimum absolute atomic E-state index is 0.00259. The van der Waals surface area contributed by atoms with Crippen LogP contribution in [0.1, 0.15) is 62.2 Å². The number of halogens is 2. The molecule has 0 fully saturated rings. The number of benzene rings is 2. The quantitative estimate of drug-likeness (QED) is 0.225. The van der Waals surface area contributed by atoms with Crippen LogP contribution in [0.5, 0.6) is 0 Å². The van der Waals surface area contributed by atoms with Gasteiger partial charge in [0.1, 0.15) is 0 Å². The number of nitrogen functional groups attached to an aromatic ring is 1. The number of aliphatic hydroxyl groups is 1. The van der Waals surface area contributed by atoms with Gasteiger partial charge < -0.3 is 21.3 Å². The summed E-state index contributed by atoms with van der Waals surface area (Å²) in [5, 5.41) is 23.8. The molecule has 2 aromatic carbocycles. The third kappa shape index (κ3) is 8.00. The molecule has 0 amide bonds. The van der Waals surface area contributed by atoms with Gasteiger partial charge in [0.05, 0.1) is 27.8 Å². The summed E-state index contributed by atoms with van der Waals surface area (Å²) in [6.45, 7) is 3.16. The van der Waals surface area contributed by atoms with Crippen LogP contribution < -0.4 is 11.1 Å². The first kappa shape index (κ1) is 25.5. The van der Waals surface area contributed by atoms with Gasteiger partial charge in [-0.2, -0.15) is 0 Å². The van der Waals surface area contributed by atoms with Crippen LogP contribution in [-0.2, 0) is 4.79 Å². The van der Waals surface area contributed by atoms with Crippen molar-refractivity contribution < 1.29 is 15.0 Å². The SMILES string of the molecule is CC(c1ccccc1)C(CCCCCCNCC(O)c1cc(Cl)c(N)c(Cl)c1)C(=O)O. The zero-order chi connectivity index (χ0) is 22.8. The summed E-state index contributed by atoms with van der Waals surface area (Å²) in [7, 11) is 0. The van der Waals surface area contributed by atoms with E-state index < -0.39 is 12.1 Å². The minimum atomic E-state index is -0.727. The Bertz CT molecular complexity index is 810. The van der Waals surface area contributed by atoms with E-state index in [0.29, 0.717) is 34.3 Å². The molecule has 31 heavy (non-hydrogen) atoms. The molecule has 5 nitrogen and oxygen atoms in total. The Labute approximate surface area is 194 Å². The lowest BCUT2D eigenvalue weighted by Gasteiger charge is -2.20. The van der Waals surface area contributed by atoms with Gasteiger partial charge in [0.15, 0.2) is 0 Å². The summed E-state index contributed by atoms with van der Waals surface area (Å²) in [6, 6.07) is 13.1. The van der Waals surface area contributed by atoms with Crippen molar-refractivity contribution in [2.75, 3.05) is 18.8 Å². The van der Waals surface area contributed by atoms with E-state index >= 15 is 0 Å². The summed E-state index contributed by atoms with van der Waals surface area (Å²) in [6.07, 6.45) is 3.80. The van der Waals surface area contributed by atoms with Crippen LogP contribution in [-0.4, -0.2) is 29.3 Å². The molecule has 5 N–H and O–H groups in total. The van der Waals surface area contributed by atoms with Gasteiger partial charge in [-0.1, -0.05) is 79.7 Å². The van der Waals surface area contributed by atoms with E-state index in [-0.39, 0.29) is 11.8 Å². The Morgan fingerprint density at radius 1 is 1.03 bits per heavy atom. The van der Waals surface area contributed by atoms with Crippen LogP contribution in [0.25, 0.3) is 0 Å². The van der Waals surface area contributed by atoms with Gasteiger partial charge in [0, 0.05) is 6.54 Å². The molecule has 0 saturated heterocycles. The number of nitrogens with two attached hydrogens (primary N) is 1. The summed E-state index contributed by atoms with van der Waals surface area (Å²) >= 11 is 12.0. The monoisotopic (exact) mass is 466 g/mol. The highest BCUT2D eigenvalue weighted by atomic mass is 35.5. The number of aliphatic carboxylic acids is 1. The molecule has 3 atom stereocenters. The molecule has 0 saturated carbocycles. The topological polar surface area (TPSA) is 95.6 Å². The summed E-state index contributed by atoms with van der Waals surface area (Å²) in [4.78, 5) is 11.7. The first-order valence-electron chi connectivity index (χ1n) is 10.7. The molecular weight excluding hydrogens is 435 g/mol. The molecule has 0 heterocycles. The lowest BCUT2D eigenvalue weighted by atomic mass is 9.84. The van der Waals surface area contributed by atoms with Gasteiger partial charge in [-0.15, -0.1) is 0 Å². The zero-order valence-electron chi connectivity index (χ0n) is 17.9. The number of anilines is 1. The number of hydrogen-bond donors (Lipinski definition) is 4. The molecule has 0 aliphatic rings. The van der Waals surface area contributed by atoms with E-state index in [4.69, 9.17) is 28.9 Å². The number of carboxylic acids is 1. The molecule has 0 aliphatic heterocycles. The smallest absolute Gasteiger partial charge is 0.307 e. The number of aliphatic hydroxyl groups excluding tert-OH is 1. The van der Waals surface area contributed by atoms with Crippen molar-refractivity contribution in [3.05, 3.63) is 63.6 Å². The maximum Gasteiger partial charge on any atom is 0.307 e. The first-order valence-corrected chi connectivity index (χ1v) is 11.5. The van der Waals surface area contributed by atoms with Gasteiger partial charge in [0.25, 0.3) is 0 Å². The number of rotatable bonds is 13. The molecule has 0 bridgehead atoms. The predicted molar refractivity (Wildman–Crippen MR) is 128 cm³/mol. The van der Waals surface area contributed by atoms with Gasteiger partial charge in [0.2, 0.25) is 0 Å². The summed E-state index contributed by atoms with van der Waals surface area (Å²) < 4.78 is 0. The van der Waals surface area contributed by atoms with Crippen molar-refractivity contribution in [2.24, 2.45) is 5.92 Å². The first-order chi connectivity index (χ1) is 14.8. The molecule has 0 spiro atoms. The van der Waals surface area contributed by atoms with Crippen molar-refractivity contribution in [1.82, 2.24) is 5.32 Å². The van der Waals surface area contributed by atoms with Crippen LogP contribution in [0.15, 0.2) is 42.5 Å². The Morgan fingerprint density at radius 3 is 2.26 bits per heavy atom. The molecule has 7 heteroatoms. The predicted octanol–water partition coefficient (Wildman–Crippen LogP) is 5.65. The number of carbonyl (C=O) groups is 1. The van der Waals surface area contributed by atoms with Gasteiger partial charge >= 0.3 is 5.97 Å². The Balaban J connectivity index is 1.64. The van der Waals surface area contributed by atoms with Crippen molar-refractivity contribution in [1.29, 1.82) is 0 Å². The minimum Gasteiger partial charge on any atom is -0.481 e. The maximum atomic E-state index is 11.7. The van der Waals surface area contributed by atoms with Crippen molar-refractivity contribution in [2.45, 2.75) is 51.0 Å². The van der Waals surface area contributed by atoms with Crippen molar-refractivity contribution in [3.8, 4) is 0 Å². The molecular formula is C24H32Cl2N2O3. The fourth-order valence-corrected chi connectivity index (χ4v) is 4.20. The van der Waals surface area contributed by atoms with E-state index in [1.807, 2.05) is 37.3 Å². The number of nitrogens with one attached hydrogen (secondary N) is 1. The highest BCUT2D eigenvalue weighted by Gasteiger charge is 2.25. The number of unbranched alkanes of at least 4 members (excludes halogenated alkanes) is 3. The Hall–Kier alpha value is -1.79. The average molecular weight is 467 g/mol. The van der Waals surface area contributed by atoms with E-state index in [9.17, 15) is 15.0 Å². The van der Waals surface area contributed by atoms with Crippen molar-refractivity contribution >= 4 is 34.9 Å². The Morgan fingerprint density at radius 2 is 1.65 bits per heavy atom. The lowest BCUT2D eigenvalue weighted by Crippen LogP contribution is -2.22. The molecule has 0 aromatic heterocycles. The standard InChI is InChI=1S/C24H32Cl2N2O3/c1-16(17-9-5-4-6-10-17)19(24(30)31)11-7-2-3-8-12-28-15-22(29)18-13-20(25)23(27)21(26)14-18/h4-6,9-10,13-14,16,19,22,28-29H,2-3,7-8,11-12,15,27H2,1H3,(H,30,31). The van der Waals surface area contributed by atoms with Crippen LogP contribution >= 0.6 is 23.2 Å². The third-order valence-electron chi connectivity index (χ3n) is 5.69. The van der Waals surface area contributed by atoms with E-state index in [2.05, 4.69) is 5.32 Å². The molecule has 2 aromatic rings. The van der Waals surface area contributed by atoms with Crippen LogP contribution in [0, 0.1) is 5.92 Å². The molecule has 2 rings (SSSR count). The Kier molecular flexibility index (Phi) is 10.6. The maximum absolute atomic E-state index is 11.7. The normalized spacial score (nSPS) is 14.2. The van der Waals surface area contributed by atoms with Crippen LogP contribution in [0.4, 0.5) is 5.69 Å². The summed E-state index contributed by atoms with van der Waals surface area (Å²) in [5.41, 5.74) is 7.73. The molecule has 3 unspecified atom stereocenters. The fourth-order valence-electron chi connectivity index (χ4n) is 3.70. The second-order valence-corrected chi connectivity index (χ2v) is 8.78. The highest BCUT2D eigenvalue weighted by molar-refractivity contribution is 6.38. The second-order valence-electron chi connectivity index (χ2n) is 7.97. The number of carboxylic acid groups (broad SMARTS) is 1. The molecule has 0 aliphatic carbocycles. The van der Waals surface area contributed by atoms with Crippen LogP contribution in [0.2, 0.25) is 10.0 Å². The van der Waals surface area contributed by atoms with Gasteiger partial charge in [-0.25, -0.2) is 0 Å². The van der Waals surface area contributed by atoms with Crippen molar-refractivity contribution in [3.63, 3.8) is 0 Å². The second kappa shape index (κ2) is 12.9. The largest absolute Gasteiger partial charge is 0.481 e. The molecule has 0 radical (unpaired) electrons.